The van der Waals surface area contributed by atoms with E-state index in [-0.39, 0.29) is 17.7 Å². The van der Waals surface area contributed by atoms with Crippen LogP contribution >= 0.6 is 0 Å². The van der Waals surface area contributed by atoms with Crippen LogP contribution in [0.15, 0.2) is 0 Å². The first-order valence-corrected chi connectivity index (χ1v) is 5.54. The highest BCUT2D eigenvalue weighted by Crippen LogP contribution is 2.24. The maximum atomic E-state index is 11.0. The molecule has 1 amide bonds. The van der Waals surface area contributed by atoms with Gasteiger partial charge in [0, 0.05) is 6.54 Å². The number of nitrogens with zero attached hydrogens (tertiary/aromatic N) is 1. The molecule has 0 aliphatic heterocycles. The summed E-state index contributed by atoms with van der Waals surface area (Å²) in [4.78, 5) is 11.0. The molecule has 0 aromatic rings. The van der Waals surface area contributed by atoms with Crippen molar-refractivity contribution in [1.29, 1.82) is 5.26 Å². The Balaban J connectivity index is 0. The summed E-state index contributed by atoms with van der Waals surface area (Å²) in [5, 5.41) is 11.0. The standard InChI is InChI=1S/C10H18N2O.C2H6/c1-8(2)10(3,4)7-12-9(13)5-6-11;1-2/h8H,5,7H2,1-4H3,(H,12,13);1-2H3. The topological polar surface area (TPSA) is 52.9 Å². The van der Waals surface area contributed by atoms with Crippen LogP contribution in [-0.4, -0.2) is 12.5 Å². The summed E-state index contributed by atoms with van der Waals surface area (Å²) in [6, 6.07) is 1.82. The predicted molar refractivity (Wildman–Crippen MR) is 63.2 cm³/mol. The molecule has 0 radical (unpaired) electrons. The van der Waals surface area contributed by atoms with Gasteiger partial charge in [-0.1, -0.05) is 41.5 Å². The lowest BCUT2D eigenvalue weighted by Crippen LogP contribution is -2.36. The van der Waals surface area contributed by atoms with Crippen molar-refractivity contribution in [3.8, 4) is 6.07 Å². The van der Waals surface area contributed by atoms with Gasteiger partial charge >= 0.3 is 0 Å². The molecule has 0 fully saturated rings. The summed E-state index contributed by atoms with van der Waals surface area (Å²) in [5.41, 5.74) is 0.0884. The number of hydrogen-bond donors (Lipinski definition) is 1. The molecule has 0 spiro atoms. The SMILES string of the molecule is CC.CC(C)C(C)(C)CNC(=O)CC#N. The van der Waals surface area contributed by atoms with Crippen LogP contribution in [0.4, 0.5) is 0 Å². The van der Waals surface area contributed by atoms with Gasteiger partial charge in [-0.3, -0.25) is 4.79 Å². The molecule has 0 aromatic heterocycles. The van der Waals surface area contributed by atoms with Gasteiger partial charge in [-0.25, -0.2) is 0 Å². The normalized spacial score (nSPS) is 10.0. The summed E-state index contributed by atoms with van der Waals surface area (Å²) in [6.45, 7) is 13.1. The molecule has 0 aliphatic carbocycles. The zero-order chi connectivity index (χ0) is 12.5. The van der Waals surface area contributed by atoms with E-state index in [1.54, 1.807) is 0 Å². The lowest BCUT2D eigenvalue weighted by molar-refractivity contribution is -0.120. The average molecular weight is 212 g/mol. The van der Waals surface area contributed by atoms with Gasteiger partial charge in [0.2, 0.25) is 5.91 Å². The summed E-state index contributed by atoms with van der Waals surface area (Å²) in [6.07, 6.45) is -0.0474. The highest BCUT2D eigenvalue weighted by molar-refractivity contribution is 5.77. The zero-order valence-electron chi connectivity index (χ0n) is 10.8. The first kappa shape index (κ1) is 16.4. The molecule has 0 atom stereocenters. The first-order valence-electron chi connectivity index (χ1n) is 5.54. The molecule has 0 rings (SSSR count). The highest BCUT2D eigenvalue weighted by atomic mass is 16.1. The fourth-order valence-electron chi connectivity index (χ4n) is 0.665. The number of carbonyl (C=O) groups excluding carboxylic acids is 1. The number of rotatable bonds is 4. The van der Waals surface area contributed by atoms with E-state index in [9.17, 15) is 4.79 Å². The lowest BCUT2D eigenvalue weighted by atomic mass is 9.81. The van der Waals surface area contributed by atoms with Crippen LogP contribution in [0.25, 0.3) is 0 Å². The average Bonchev–Trinajstić information content (AvgIpc) is 2.18. The highest BCUT2D eigenvalue weighted by Gasteiger charge is 2.22. The second-order valence-corrected chi connectivity index (χ2v) is 4.25. The van der Waals surface area contributed by atoms with E-state index >= 15 is 0 Å². The number of amides is 1. The monoisotopic (exact) mass is 212 g/mol. The van der Waals surface area contributed by atoms with Crippen LogP contribution in [0.2, 0.25) is 0 Å². The van der Waals surface area contributed by atoms with E-state index in [0.29, 0.717) is 12.5 Å². The van der Waals surface area contributed by atoms with Crippen molar-refractivity contribution in [3.63, 3.8) is 0 Å². The van der Waals surface area contributed by atoms with Crippen molar-refractivity contribution in [1.82, 2.24) is 5.32 Å². The Morgan fingerprint density at radius 3 is 2.20 bits per heavy atom. The molecular formula is C12H24N2O. The number of nitriles is 1. The second-order valence-electron chi connectivity index (χ2n) is 4.25. The Bertz CT molecular complexity index is 214. The Morgan fingerprint density at radius 2 is 1.87 bits per heavy atom. The molecular weight excluding hydrogens is 188 g/mol. The van der Waals surface area contributed by atoms with Gasteiger partial charge in [-0.2, -0.15) is 5.26 Å². The van der Waals surface area contributed by atoms with Crippen molar-refractivity contribution >= 4 is 5.91 Å². The quantitative estimate of drug-likeness (QED) is 0.779. The minimum atomic E-state index is -0.184. The molecule has 1 N–H and O–H groups in total. The van der Waals surface area contributed by atoms with Gasteiger partial charge < -0.3 is 5.32 Å². The van der Waals surface area contributed by atoms with Crippen LogP contribution in [0.1, 0.15) is 48.0 Å². The summed E-state index contributed by atoms with van der Waals surface area (Å²) in [5.74, 6) is 0.325. The minimum Gasteiger partial charge on any atom is -0.355 e. The fraction of sp³-hybridized carbons (Fsp3) is 0.833. The van der Waals surface area contributed by atoms with Crippen molar-refractivity contribution in [2.45, 2.75) is 48.0 Å². The summed E-state index contributed by atoms with van der Waals surface area (Å²) in [7, 11) is 0. The molecule has 0 aromatic carbocycles. The summed E-state index contributed by atoms with van der Waals surface area (Å²) >= 11 is 0. The van der Waals surface area contributed by atoms with Gasteiger partial charge in [0.25, 0.3) is 0 Å². The van der Waals surface area contributed by atoms with E-state index in [1.807, 2.05) is 19.9 Å². The van der Waals surface area contributed by atoms with Crippen LogP contribution in [0.5, 0.6) is 0 Å². The Hall–Kier alpha value is -1.04. The van der Waals surface area contributed by atoms with Crippen molar-refractivity contribution in [3.05, 3.63) is 0 Å². The molecule has 0 heterocycles. The van der Waals surface area contributed by atoms with Gasteiger partial charge in [-0.05, 0) is 11.3 Å². The van der Waals surface area contributed by atoms with Crippen LogP contribution < -0.4 is 5.32 Å². The number of carbonyl (C=O) groups is 1. The van der Waals surface area contributed by atoms with Gasteiger partial charge in [0.05, 0.1) is 6.07 Å². The van der Waals surface area contributed by atoms with Crippen LogP contribution in [0, 0.1) is 22.7 Å². The molecule has 0 aliphatic rings. The molecule has 3 heteroatoms. The Labute approximate surface area is 93.9 Å². The van der Waals surface area contributed by atoms with Crippen molar-refractivity contribution in [2.24, 2.45) is 11.3 Å². The van der Waals surface area contributed by atoms with Crippen LogP contribution in [0.3, 0.4) is 0 Å². The maximum Gasteiger partial charge on any atom is 0.234 e. The third-order valence-electron chi connectivity index (χ3n) is 2.54. The largest absolute Gasteiger partial charge is 0.355 e. The molecule has 88 valence electrons. The van der Waals surface area contributed by atoms with E-state index in [0.717, 1.165) is 0 Å². The minimum absolute atomic E-state index is 0.0474. The Kier molecular flexibility index (Phi) is 9.05. The third kappa shape index (κ3) is 7.99. The Morgan fingerprint density at radius 1 is 1.40 bits per heavy atom. The van der Waals surface area contributed by atoms with E-state index < -0.39 is 0 Å². The molecule has 0 bridgehead atoms. The lowest BCUT2D eigenvalue weighted by Gasteiger charge is -2.29. The third-order valence-corrected chi connectivity index (χ3v) is 2.54. The van der Waals surface area contributed by atoms with Crippen LogP contribution in [-0.2, 0) is 4.79 Å². The molecule has 15 heavy (non-hydrogen) atoms. The van der Waals surface area contributed by atoms with Gasteiger partial charge in [0.1, 0.15) is 6.42 Å². The van der Waals surface area contributed by atoms with Crippen molar-refractivity contribution < 1.29 is 4.79 Å². The predicted octanol–water partition coefficient (Wildman–Crippen LogP) is 2.72. The fourth-order valence-corrected chi connectivity index (χ4v) is 0.665. The maximum absolute atomic E-state index is 11.0. The van der Waals surface area contributed by atoms with E-state index in [4.69, 9.17) is 5.26 Å². The second kappa shape index (κ2) is 8.28. The van der Waals surface area contributed by atoms with Gasteiger partial charge in [0.15, 0.2) is 0 Å². The zero-order valence-corrected chi connectivity index (χ0v) is 10.8. The number of hydrogen-bond acceptors (Lipinski definition) is 2. The molecule has 3 nitrogen and oxygen atoms in total. The smallest absolute Gasteiger partial charge is 0.234 e. The van der Waals surface area contributed by atoms with E-state index in [1.165, 1.54) is 0 Å². The van der Waals surface area contributed by atoms with E-state index in [2.05, 4.69) is 33.0 Å². The van der Waals surface area contributed by atoms with Gasteiger partial charge in [-0.15, -0.1) is 0 Å². The molecule has 0 saturated carbocycles. The molecule has 0 saturated heterocycles. The van der Waals surface area contributed by atoms with Crippen molar-refractivity contribution in [2.75, 3.05) is 6.54 Å². The first-order chi connectivity index (χ1) is 6.90. The number of nitrogens with one attached hydrogen (secondary N) is 1. The summed E-state index contributed by atoms with van der Waals surface area (Å²) < 4.78 is 0. The molecule has 0 unspecified atom stereocenters.